The minimum absolute atomic E-state index is 0.981. The van der Waals surface area contributed by atoms with Crippen LogP contribution in [0.25, 0.3) is 79.9 Å². The minimum atomic E-state index is 0.981. The van der Waals surface area contributed by atoms with Gasteiger partial charge in [-0.05, 0) is 53.6 Å². The summed E-state index contributed by atoms with van der Waals surface area (Å²) < 4.78 is 6.47. The van der Waals surface area contributed by atoms with E-state index in [9.17, 15) is 0 Å². The Hall–Kier alpha value is -5.03. The Bertz CT molecular complexity index is 2380. The normalized spacial score (nSPS) is 11.7. The zero-order valence-electron chi connectivity index (χ0n) is 23.1. The predicted octanol–water partition coefficient (Wildman–Crippen LogP) is 11.6. The molecule has 0 spiro atoms. The van der Waals surface area contributed by atoms with Gasteiger partial charge in [0.25, 0.3) is 0 Å². The predicted molar refractivity (Wildman–Crippen MR) is 186 cm³/mol. The van der Waals surface area contributed by atoms with Crippen LogP contribution in [0.4, 0.5) is 0 Å². The molecule has 9 rings (SSSR count). The van der Waals surface area contributed by atoms with Gasteiger partial charge in [-0.3, -0.25) is 0 Å². The third-order valence-electron chi connectivity index (χ3n) is 8.23. The summed E-state index contributed by atoms with van der Waals surface area (Å²) in [7, 11) is 0. The van der Waals surface area contributed by atoms with Crippen molar-refractivity contribution >= 4 is 63.3 Å². The first-order valence-corrected chi connectivity index (χ1v) is 16.0. The zero-order valence-corrected chi connectivity index (χ0v) is 24.7. The molecule has 4 heterocycles. The Labute approximate surface area is 256 Å². The quantitative estimate of drug-likeness (QED) is 0.201. The molecule has 0 amide bonds. The lowest BCUT2D eigenvalue weighted by Crippen LogP contribution is -1.93. The number of rotatable bonds is 4. The number of pyridine rings is 1. The van der Waals surface area contributed by atoms with Crippen LogP contribution in [0.15, 0.2) is 146 Å². The van der Waals surface area contributed by atoms with E-state index >= 15 is 0 Å². The maximum atomic E-state index is 5.22. The molecule has 4 aromatic heterocycles. The van der Waals surface area contributed by atoms with Crippen molar-refractivity contribution in [3.8, 4) is 39.3 Å². The Kier molecular flexibility index (Phi) is 5.58. The molecule has 0 aliphatic heterocycles. The van der Waals surface area contributed by atoms with Crippen molar-refractivity contribution in [2.45, 2.75) is 0 Å². The lowest BCUT2D eigenvalue weighted by molar-refractivity contribution is 1.19. The lowest BCUT2D eigenvalue weighted by Gasteiger charge is -2.11. The van der Waals surface area contributed by atoms with E-state index in [1.807, 2.05) is 22.7 Å². The van der Waals surface area contributed by atoms with Crippen molar-refractivity contribution in [3.05, 3.63) is 146 Å². The van der Waals surface area contributed by atoms with E-state index in [2.05, 4.69) is 150 Å². The number of benzene rings is 5. The van der Waals surface area contributed by atoms with Crippen molar-refractivity contribution in [2.24, 2.45) is 0 Å². The van der Waals surface area contributed by atoms with E-state index in [1.165, 1.54) is 57.4 Å². The molecule has 0 saturated heterocycles. The first kappa shape index (κ1) is 24.6. The van der Waals surface area contributed by atoms with Crippen LogP contribution in [-0.4, -0.2) is 9.55 Å². The van der Waals surface area contributed by atoms with Crippen LogP contribution in [-0.2, 0) is 0 Å². The summed E-state index contributed by atoms with van der Waals surface area (Å²) in [5.74, 6) is 0. The van der Waals surface area contributed by atoms with Gasteiger partial charge in [0.1, 0.15) is 0 Å². The third kappa shape index (κ3) is 3.95. The summed E-state index contributed by atoms with van der Waals surface area (Å²) in [6, 6.07) is 51.9. The molecule has 0 fully saturated rings. The Morgan fingerprint density at radius 2 is 1.14 bits per heavy atom. The van der Waals surface area contributed by atoms with Gasteiger partial charge < -0.3 is 4.57 Å². The van der Waals surface area contributed by atoms with Gasteiger partial charge in [-0.1, -0.05) is 103 Å². The van der Waals surface area contributed by atoms with Crippen LogP contribution in [0.2, 0.25) is 0 Å². The topological polar surface area (TPSA) is 17.8 Å². The highest BCUT2D eigenvalue weighted by Gasteiger charge is 2.21. The monoisotopic (exact) mass is 584 g/mol. The second-order valence-electron chi connectivity index (χ2n) is 10.8. The number of fused-ring (bicyclic) bond motifs is 7. The van der Waals surface area contributed by atoms with Gasteiger partial charge in [0.2, 0.25) is 0 Å². The minimum Gasteiger partial charge on any atom is -0.308 e. The largest absolute Gasteiger partial charge is 0.308 e. The van der Waals surface area contributed by atoms with Gasteiger partial charge in [-0.25, -0.2) is 4.98 Å². The number of para-hydroxylation sites is 2. The van der Waals surface area contributed by atoms with Crippen LogP contribution in [0, 0.1) is 0 Å². The highest BCUT2D eigenvalue weighted by atomic mass is 32.2. The maximum Gasteiger partial charge on any atom is 0.0906 e. The number of hydrogen-bond acceptors (Lipinski definition) is 3. The molecule has 0 radical (unpaired) electrons. The number of nitrogens with zero attached hydrogens (tertiary/aromatic N) is 2. The average Bonchev–Trinajstić information content (AvgIpc) is 3.72. The van der Waals surface area contributed by atoms with E-state index in [1.54, 1.807) is 0 Å². The summed E-state index contributed by atoms with van der Waals surface area (Å²) >= 11 is 3.81. The van der Waals surface area contributed by atoms with Gasteiger partial charge in [0.05, 0.1) is 31.1 Å². The molecule has 9 aromatic rings. The Morgan fingerprint density at radius 1 is 0.488 bits per heavy atom. The Balaban J connectivity index is 1.32. The molecule has 0 atom stereocenters. The highest BCUT2D eigenvalue weighted by Crippen LogP contribution is 2.49. The Morgan fingerprint density at radius 3 is 1.91 bits per heavy atom. The highest BCUT2D eigenvalue weighted by molar-refractivity contribution is 7.45. The SMILES string of the molecule is c1ccc(-c2cc(-c3ccccc3)nc(-c3ccc4sc5sc6c7ccccc7n(-c7ccccc7)c6c5c4c3)c2)cc1. The molecular weight excluding hydrogens is 561 g/mol. The van der Waals surface area contributed by atoms with Crippen LogP contribution in [0.5, 0.6) is 0 Å². The second-order valence-corrected chi connectivity index (χ2v) is 13.1. The van der Waals surface area contributed by atoms with Crippen molar-refractivity contribution in [2.75, 3.05) is 0 Å². The summed E-state index contributed by atoms with van der Waals surface area (Å²) in [6.45, 7) is 0. The van der Waals surface area contributed by atoms with Crippen molar-refractivity contribution in [3.63, 3.8) is 0 Å². The molecule has 0 unspecified atom stereocenters. The van der Waals surface area contributed by atoms with E-state index in [0.29, 0.717) is 0 Å². The summed E-state index contributed by atoms with van der Waals surface area (Å²) in [4.78, 5) is 5.22. The zero-order chi connectivity index (χ0) is 28.3. The lowest BCUT2D eigenvalue weighted by atomic mass is 9.99. The van der Waals surface area contributed by atoms with E-state index in [4.69, 9.17) is 4.98 Å². The first-order valence-electron chi connectivity index (χ1n) is 14.4. The third-order valence-corrected chi connectivity index (χ3v) is 10.7. The molecular formula is C39H24N2S2. The van der Waals surface area contributed by atoms with Crippen molar-refractivity contribution in [1.82, 2.24) is 9.55 Å². The van der Waals surface area contributed by atoms with Gasteiger partial charge in [0, 0.05) is 37.7 Å². The number of hydrogen-bond donors (Lipinski definition) is 0. The van der Waals surface area contributed by atoms with Gasteiger partial charge in [0.15, 0.2) is 0 Å². The van der Waals surface area contributed by atoms with Crippen LogP contribution < -0.4 is 0 Å². The van der Waals surface area contributed by atoms with Gasteiger partial charge >= 0.3 is 0 Å². The fraction of sp³-hybridized carbons (Fsp3) is 0. The van der Waals surface area contributed by atoms with E-state index < -0.39 is 0 Å². The van der Waals surface area contributed by atoms with E-state index in [0.717, 1.165) is 22.5 Å². The second kappa shape index (κ2) is 9.77. The average molecular weight is 585 g/mol. The number of aromatic nitrogens is 2. The van der Waals surface area contributed by atoms with Crippen LogP contribution in [0.3, 0.4) is 0 Å². The molecule has 0 aliphatic carbocycles. The van der Waals surface area contributed by atoms with Gasteiger partial charge in [-0.2, -0.15) is 0 Å². The molecule has 0 N–H and O–H groups in total. The smallest absolute Gasteiger partial charge is 0.0906 e. The molecule has 43 heavy (non-hydrogen) atoms. The molecule has 2 nitrogen and oxygen atoms in total. The first-order chi connectivity index (χ1) is 21.3. The van der Waals surface area contributed by atoms with E-state index in [-0.39, 0.29) is 0 Å². The maximum absolute atomic E-state index is 5.22. The molecule has 5 aromatic carbocycles. The fourth-order valence-electron chi connectivity index (χ4n) is 6.24. The molecule has 4 heteroatoms. The fourth-order valence-corrected chi connectivity index (χ4v) is 8.91. The summed E-state index contributed by atoms with van der Waals surface area (Å²) in [6.07, 6.45) is 0. The van der Waals surface area contributed by atoms with Crippen LogP contribution >= 0.6 is 22.7 Å². The molecule has 0 aliphatic rings. The summed E-state index contributed by atoms with van der Waals surface area (Å²) in [5, 5.41) is 3.94. The number of thiophene rings is 2. The van der Waals surface area contributed by atoms with Crippen LogP contribution in [0.1, 0.15) is 0 Å². The molecule has 0 saturated carbocycles. The van der Waals surface area contributed by atoms with Crippen molar-refractivity contribution < 1.29 is 0 Å². The van der Waals surface area contributed by atoms with Gasteiger partial charge in [-0.15, -0.1) is 22.7 Å². The standard InChI is InChI=1S/C39H24N2S2/c1-4-12-25(13-5-1)28-23-32(26-14-6-2-7-15-26)40-33(24-28)27-20-21-35-31(22-27)36-37-38(43-39(36)42-35)30-18-10-11-19-34(30)41(37)29-16-8-3-9-17-29/h1-24H. The molecule has 202 valence electrons. The summed E-state index contributed by atoms with van der Waals surface area (Å²) in [5.41, 5.74) is 10.3. The molecule has 0 bridgehead atoms. The van der Waals surface area contributed by atoms with Crippen molar-refractivity contribution in [1.29, 1.82) is 0 Å².